The molecule has 1 N–H and O–H groups in total. The molecule has 22 heavy (non-hydrogen) atoms. The molecule has 0 aliphatic carbocycles. The molecule has 0 aromatic carbocycles. The van der Waals surface area contributed by atoms with E-state index in [0.717, 1.165) is 5.56 Å². The zero-order chi connectivity index (χ0) is 15.9. The summed E-state index contributed by atoms with van der Waals surface area (Å²) in [5, 5.41) is 6.84. The van der Waals surface area contributed by atoms with Crippen molar-refractivity contribution in [1.29, 1.82) is 0 Å². The van der Waals surface area contributed by atoms with E-state index in [0.29, 0.717) is 24.9 Å². The summed E-state index contributed by atoms with van der Waals surface area (Å²) in [6, 6.07) is 3.72. The predicted octanol–water partition coefficient (Wildman–Crippen LogP) is 1.34. The molecule has 0 unspecified atom stereocenters. The average Bonchev–Trinajstić information content (AvgIpc) is 3.05. The number of nitrogens with zero attached hydrogens (tertiary/aromatic N) is 4. The van der Waals surface area contributed by atoms with Gasteiger partial charge in [0, 0.05) is 19.3 Å². The highest BCUT2D eigenvalue weighted by molar-refractivity contribution is 5.80. The van der Waals surface area contributed by atoms with E-state index in [9.17, 15) is 4.79 Å². The van der Waals surface area contributed by atoms with Gasteiger partial charge >= 0.3 is 0 Å². The Morgan fingerprint density at radius 2 is 2.18 bits per heavy atom. The fourth-order valence-electron chi connectivity index (χ4n) is 1.73. The van der Waals surface area contributed by atoms with Gasteiger partial charge in [-0.05, 0) is 24.5 Å². The summed E-state index contributed by atoms with van der Waals surface area (Å²) in [7, 11) is 0. The molecule has 0 aliphatic heterocycles. The van der Waals surface area contributed by atoms with Gasteiger partial charge in [-0.2, -0.15) is 5.10 Å². The average molecular weight is 303 g/mol. The molecule has 0 bridgehead atoms. The van der Waals surface area contributed by atoms with Gasteiger partial charge in [0.05, 0.1) is 0 Å². The summed E-state index contributed by atoms with van der Waals surface area (Å²) in [4.78, 5) is 20.1. The molecule has 7 heteroatoms. The lowest BCUT2D eigenvalue weighted by Crippen LogP contribution is -2.34. The number of hydrogen-bond donors (Lipinski definition) is 1. The van der Waals surface area contributed by atoms with Gasteiger partial charge in [-0.25, -0.2) is 14.6 Å². The quantitative estimate of drug-likeness (QED) is 0.834. The maximum absolute atomic E-state index is 11.9. The Labute approximate surface area is 129 Å². The molecule has 0 spiro atoms. The third-order valence-electron chi connectivity index (χ3n) is 2.98. The Balaban J connectivity index is 1.82. The zero-order valence-corrected chi connectivity index (χ0v) is 13.1. The Kier molecular flexibility index (Phi) is 5.60. The van der Waals surface area contributed by atoms with Gasteiger partial charge in [-0.3, -0.25) is 4.79 Å². The minimum absolute atomic E-state index is 0.124. The van der Waals surface area contributed by atoms with Crippen LogP contribution in [-0.4, -0.2) is 38.4 Å². The fraction of sp³-hybridized carbons (Fsp3) is 0.467. The number of pyridine rings is 1. The van der Waals surface area contributed by atoms with Gasteiger partial charge in [-0.1, -0.05) is 19.9 Å². The number of hydrogen-bond acceptors (Lipinski definition) is 5. The largest absolute Gasteiger partial charge is 0.368 e. The van der Waals surface area contributed by atoms with Crippen molar-refractivity contribution >= 4 is 5.91 Å². The van der Waals surface area contributed by atoms with Crippen LogP contribution in [0.25, 0.3) is 5.82 Å². The van der Waals surface area contributed by atoms with Gasteiger partial charge in [0.15, 0.2) is 5.82 Å². The first-order valence-corrected chi connectivity index (χ1v) is 7.25. The molecule has 0 saturated heterocycles. The topological polar surface area (TPSA) is 81.9 Å². The lowest BCUT2D eigenvalue weighted by atomic mass is 10.2. The Bertz CT molecular complexity index is 580. The van der Waals surface area contributed by atoms with Crippen LogP contribution >= 0.6 is 0 Å². The number of carbonyl (C=O) groups excluding carboxylic acids is 1. The van der Waals surface area contributed by atoms with E-state index in [1.807, 2.05) is 26.0 Å². The predicted molar refractivity (Wildman–Crippen MR) is 81.3 cm³/mol. The second-order valence-corrected chi connectivity index (χ2v) is 5.45. The molecule has 1 atom stereocenters. The summed E-state index contributed by atoms with van der Waals surface area (Å²) < 4.78 is 7.05. The van der Waals surface area contributed by atoms with Gasteiger partial charge in [-0.15, -0.1) is 0 Å². The molecular weight excluding hydrogens is 282 g/mol. The van der Waals surface area contributed by atoms with Crippen LogP contribution in [0.1, 0.15) is 26.3 Å². The maximum atomic E-state index is 11.9. The summed E-state index contributed by atoms with van der Waals surface area (Å²) in [5.41, 5.74) is 0.910. The van der Waals surface area contributed by atoms with E-state index in [4.69, 9.17) is 4.74 Å². The SMILES string of the molecule is CC(C)CO[C@H](C)C(=O)NCc1ccc(-n2cncn2)nc1. The number of carbonyl (C=O) groups is 1. The van der Waals surface area contributed by atoms with Crippen LogP contribution in [0.2, 0.25) is 0 Å². The zero-order valence-electron chi connectivity index (χ0n) is 13.1. The van der Waals surface area contributed by atoms with Crippen LogP contribution in [0, 0.1) is 5.92 Å². The molecule has 118 valence electrons. The van der Waals surface area contributed by atoms with E-state index in [1.54, 1.807) is 24.1 Å². The minimum atomic E-state index is -0.454. The number of amides is 1. The smallest absolute Gasteiger partial charge is 0.249 e. The summed E-state index contributed by atoms with van der Waals surface area (Å²) in [6.45, 7) is 6.84. The van der Waals surface area contributed by atoms with Crippen LogP contribution in [0.3, 0.4) is 0 Å². The van der Waals surface area contributed by atoms with Crippen LogP contribution in [0.5, 0.6) is 0 Å². The molecule has 0 radical (unpaired) electrons. The van der Waals surface area contributed by atoms with E-state index < -0.39 is 6.10 Å². The van der Waals surface area contributed by atoms with E-state index in [1.165, 1.54) is 6.33 Å². The molecule has 2 aromatic rings. The van der Waals surface area contributed by atoms with Crippen molar-refractivity contribution in [1.82, 2.24) is 25.1 Å². The third-order valence-corrected chi connectivity index (χ3v) is 2.98. The summed E-state index contributed by atoms with van der Waals surface area (Å²) >= 11 is 0. The highest BCUT2D eigenvalue weighted by atomic mass is 16.5. The molecule has 0 fully saturated rings. The second kappa shape index (κ2) is 7.65. The van der Waals surface area contributed by atoms with Crippen molar-refractivity contribution in [3.8, 4) is 5.82 Å². The highest BCUT2D eigenvalue weighted by Crippen LogP contribution is 2.04. The first kappa shape index (κ1) is 16.1. The van der Waals surface area contributed by atoms with Crippen LogP contribution in [0.4, 0.5) is 0 Å². The molecule has 2 aromatic heterocycles. The number of nitrogens with one attached hydrogen (secondary N) is 1. The number of rotatable bonds is 7. The van der Waals surface area contributed by atoms with Crippen molar-refractivity contribution in [2.75, 3.05) is 6.61 Å². The molecule has 2 heterocycles. The van der Waals surface area contributed by atoms with E-state index in [-0.39, 0.29) is 5.91 Å². The minimum Gasteiger partial charge on any atom is -0.368 e. The van der Waals surface area contributed by atoms with Gasteiger partial charge in [0.2, 0.25) is 5.91 Å². The molecule has 0 aliphatic rings. The van der Waals surface area contributed by atoms with Gasteiger partial charge in [0.1, 0.15) is 18.8 Å². The van der Waals surface area contributed by atoms with Crippen molar-refractivity contribution in [3.05, 3.63) is 36.5 Å². The molecule has 7 nitrogen and oxygen atoms in total. The Morgan fingerprint density at radius 1 is 1.36 bits per heavy atom. The van der Waals surface area contributed by atoms with Crippen molar-refractivity contribution in [2.24, 2.45) is 5.92 Å². The lowest BCUT2D eigenvalue weighted by molar-refractivity contribution is -0.132. The van der Waals surface area contributed by atoms with E-state index in [2.05, 4.69) is 20.4 Å². The summed E-state index contributed by atoms with van der Waals surface area (Å²) in [5.74, 6) is 0.964. The monoisotopic (exact) mass is 303 g/mol. The Hall–Kier alpha value is -2.28. The van der Waals surface area contributed by atoms with Gasteiger partial charge in [0.25, 0.3) is 0 Å². The number of ether oxygens (including phenoxy) is 1. The molecule has 1 amide bonds. The molecular formula is C15H21N5O2. The van der Waals surface area contributed by atoms with Crippen molar-refractivity contribution in [2.45, 2.75) is 33.4 Å². The van der Waals surface area contributed by atoms with Gasteiger partial charge < -0.3 is 10.1 Å². The maximum Gasteiger partial charge on any atom is 0.249 e. The van der Waals surface area contributed by atoms with Crippen LogP contribution < -0.4 is 5.32 Å². The van der Waals surface area contributed by atoms with Crippen molar-refractivity contribution < 1.29 is 9.53 Å². The standard InChI is InChI=1S/C15H21N5O2/c1-11(2)8-22-12(3)15(21)18-7-13-4-5-14(17-6-13)20-10-16-9-19-20/h4-6,9-12H,7-8H2,1-3H3,(H,18,21)/t12-/m1/s1. The Morgan fingerprint density at radius 3 is 2.77 bits per heavy atom. The lowest BCUT2D eigenvalue weighted by Gasteiger charge is -2.14. The number of aromatic nitrogens is 4. The highest BCUT2D eigenvalue weighted by Gasteiger charge is 2.13. The first-order chi connectivity index (χ1) is 10.6. The first-order valence-electron chi connectivity index (χ1n) is 7.25. The van der Waals surface area contributed by atoms with Crippen LogP contribution in [0.15, 0.2) is 31.0 Å². The molecule has 2 rings (SSSR count). The molecule has 0 saturated carbocycles. The van der Waals surface area contributed by atoms with Crippen molar-refractivity contribution in [3.63, 3.8) is 0 Å². The van der Waals surface area contributed by atoms with Crippen LogP contribution in [-0.2, 0) is 16.1 Å². The summed E-state index contributed by atoms with van der Waals surface area (Å²) in [6.07, 6.45) is 4.29. The fourth-order valence-corrected chi connectivity index (χ4v) is 1.73. The third kappa shape index (κ3) is 4.63. The normalized spacial score (nSPS) is 12.4. The second-order valence-electron chi connectivity index (χ2n) is 5.45. The van der Waals surface area contributed by atoms with E-state index >= 15 is 0 Å².